The lowest BCUT2D eigenvalue weighted by Crippen LogP contribution is -2.44. The predicted octanol–water partition coefficient (Wildman–Crippen LogP) is 2.25. The van der Waals surface area contributed by atoms with Gasteiger partial charge in [-0.2, -0.15) is 0 Å². The Labute approximate surface area is 164 Å². The maximum atomic E-state index is 12.6. The van der Waals surface area contributed by atoms with E-state index in [-0.39, 0.29) is 18.4 Å². The first-order chi connectivity index (χ1) is 13.3. The van der Waals surface area contributed by atoms with Crippen molar-refractivity contribution in [3.05, 3.63) is 24.3 Å². The van der Waals surface area contributed by atoms with E-state index in [0.717, 1.165) is 29.8 Å². The van der Waals surface area contributed by atoms with Crippen molar-refractivity contribution in [1.29, 1.82) is 0 Å². The van der Waals surface area contributed by atoms with Crippen molar-refractivity contribution in [2.75, 3.05) is 23.3 Å². The van der Waals surface area contributed by atoms with Crippen LogP contribution in [0.5, 0.6) is 0 Å². The van der Waals surface area contributed by atoms with E-state index in [1.165, 1.54) is 0 Å². The average molecular weight is 386 g/mol. The van der Waals surface area contributed by atoms with Gasteiger partial charge in [0.15, 0.2) is 0 Å². The van der Waals surface area contributed by atoms with Gasteiger partial charge in [0.05, 0.1) is 0 Å². The summed E-state index contributed by atoms with van der Waals surface area (Å²) >= 11 is 0. The SMILES string of the molecule is CCCC[C@@]1(C)NC(=O)N(CC(=O)Nc2ccc(N3CCCC3=O)cc2)C1=O. The van der Waals surface area contributed by atoms with Gasteiger partial charge in [0, 0.05) is 24.3 Å². The fraction of sp³-hybridized carbons (Fsp3) is 0.500. The summed E-state index contributed by atoms with van der Waals surface area (Å²) in [6.45, 7) is 4.08. The molecule has 0 spiro atoms. The summed E-state index contributed by atoms with van der Waals surface area (Å²) in [5.41, 5.74) is 0.388. The van der Waals surface area contributed by atoms with E-state index in [1.807, 2.05) is 6.92 Å². The number of nitrogens with one attached hydrogen (secondary N) is 2. The van der Waals surface area contributed by atoms with Crippen LogP contribution in [-0.2, 0) is 14.4 Å². The smallest absolute Gasteiger partial charge is 0.325 e. The Hall–Kier alpha value is -2.90. The van der Waals surface area contributed by atoms with Crippen LogP contribution in [0.25, 0.3) is 0 Å². The highest BCUT2D eigenvalue weighted by molar-refractivity contribution is 6.10. The third kappa shape index (κ3) is 4.00. The van der Waals surface area contributed by atoms with Crippen molar-refractivity contribution in [3.8, 4) is 0 Å². The second-order valence-corrected chi connectivity index (χ2v) is 7.50. The molecule has 150 valence electrons. The van der Waals surface area contributed by atoms with Gasteiger partial charge in [-0.3, -0.25) is 19.3 Å². The summed E-state index contributed by atoms with van der Waals surface area (Å²) in [4.78, 5) is 51.5. The number of hydrogen-bond acceptors (Lipinski definition) is 4. The molecule has 0 aromatic heterocycles. The van der Waals surface area contributed by atoms with Crippen molar-refractivity contribution >= 4 is 35.1 Å². The number of amides is 5. The zero-order valence-corrected chi connectivity index (χ0v) is 16.3. The van der Waals surface area contributed by atoms with Crippen molar-refractivity contribution in [2.24, 2.45) is 0 Å². The summed E-state index contributed by atoms with van der Waals surface area (Å²) in [7, 11) is 0. The van der Waals surface area contributed by atoms with Crippen LogP contribution in [0.1, 0.15) is 46.0 Å². The van der Waals surface area contributed by atoms with Crippen molar-refractivity contribution in [1.82, 2.24) is 10.2 Å². The van der Waals surface area contributed by atoms with Crippen LogP contribution in [-0.4, -0.2) is 47.3 Å². The van der Waals surface area contributed by atoms with Gasteiger partial charge >= 0.3 is 6.03 Å². The van der Waals surface area contributed by atoms with E-state index in [4.69, 9.17) is 0 Å². The second kappa shape index (κ2) is 8.00. The van der Waals surface area contributed by atoms with Gasteiger partial charge in [-0.1, -0.05) is 19.8 Å². The molecule has 8 nitrogen and oxygen atoms in total. The highest BCUT2D eigenvalue weighted by atomic mass is 16.2. The summed E-state index contributed by atoms with van der Waals surface area (Å²) in [5.74, 6) is -0.723. The molecule has 0 radical (unpaired) electrons. The number of carbonyl (C=O) groups excluding carboxylic acids is 4. The number of rotatable bonds is 7. The number of benzene rings is 1. The molecule has 2 fully saturated rings. The first kappa shape index (κ1) is 19.9. The molecular weight excluding hydrogens is 360 g/mol. The molecule has 2 saturated heterocycles. The van der Waals surface area contributed by atoms with E-state index < -0.39 is 17.5 Å². The number of urea groups is 1. The van der Waals surface area contributed by atoms with Crippen LogP contribution in [0.3, 0.4) is 0 Å². The Morgan fingerprint density at radius 1 is 1.21 bits per heavy atom. The molecule has 0 saturated carbocycles. The molecule has 8 heteroatoms. The van der Waals surface area contributed by atoms with E-state index >= 15 is 0 Å². The van der Waals surface area contributed by atoms with E-state index in [9.17, 15) is 19.2 Å². The summed E-state index contributed by atoms with van der Waals surface area (Å²) in [6.07, 6.45) is 3.68. The first-order valence-electron chi connectivity index (χ1n) is 9.68. The van der Waals surface area contributed by atoms with Gasteiger partial charge in [-0.05, 0) is 44.0 Å². The lowest BCUT2D eigenvalue weighted by Gasteiger charge is -2.21. The number of imide groups is 1. The molecule has 2 aliphatic heterocycles. The minimum atomic E-state index is -0.947. The molecule has 0 unspecified atom stereocenters. The highest BCUT2D eigenvalue weighted by Gasteiger charge is 2.47. The first-order valence-corrected chi connectivity index (χ1v) is 9.68. The largest absolute Gasteiger partial charge is 0.325 e. The molecule has 1 atom stereocenters. The molecule has 2 N–H and O–H groups in total. The molecule has 1 aromatic rings. The third-order valence-corrected chi connectivity index (χ3v) is 5.21. The third-order valence-electron chi connectivity index (χ3n) is 5.21. The molecule has 0 bridgehead atoms. The number of anilines is 2. The minimum Gasteiger partial charge on any atom is -0.325 e. The normalized spacial score (nSPS) is 22.0. The fourth-order valence-electron chi connectivity index (χ4n) is 3.58. The van der Waals surface area contributed by atoms with Crippen molar-refractivity contribution < 1.29 is 19.2 Å². The fourth-order valence-corrected chi connectivity index (χ4v) is 3.58. The average Bonchev–Trinajstić information content (AvgIpc) is 3.18. The van der Waals surface area contributed by atoms with E-state index in [2.05, 4.69) is 10.6 Å². The number of hydrogen-bond donors (Lipinski definition) is 2. The molecule has 1 aromatic carbocycles. The van der Waals surface area contributed by atoms with Crippen LogP contribution >= 0.6 is 0 Å². The summed E-state index contributed by atoms with van der Waals surface area (Å²) in [6, 6.07) is 6.41. The van der Waals surface area contributed by atoms with Crippen LogP contribution in [0.15, 0.2) is 24.3 Å². The Morgan fingerprint density at radius 3 is 2.54 bits per heavy atom. The van der Waals surface area contributed by atoms with Gasteiger partial charge in [0.25, 0.3) is 5.91 Å². The Bertz CT molecular complexity index is 792. The zero-order valence-electron chi connectivity index (χ0n) is 16.3. The van der Waals surface area contributed by atoms with E-state index in [0.29, 0.717) is 25.1 Å². The topological polar surface area (TPSA) is 98.8 Å². The maximum Gasteiger partial charge on any atom is 0.325 e. The molecule has 2 aliphatic rings. The molecule has 5 amide bonds. The van der Waals surface area contributed by atoms with Crippen LogP contribution in [0, 0.1) is 0 Å². The predicted molar refractivity (Wildman–Crippen MR) is 105 cm³/mol. The molecular formula is C20H26N4O4. The Balaban J connectivity index is 1.59. The standard InChI is InChI=1S/C20H26N4O4/c1-3-4-11-20(2)18(27)24(19(28)22-20)13-16(25)21-14-7-9-15(10-8-14)23-12-5-6-17(23)26/h7-10H,3-6,11-13H2,1-2H3,(H,21,25)(H,22,28)/t20-/m1/s1. The summed E-state index contributed by atoms with van der Waals surface area (Å²) < 4.78 is 0. The Morgan fingerprint density at radius 2 is 1.93 bits per heavy atom. The van der Waals surface area contributed by atoms with Gasteiger partial charge in [0.1, 0.15) is 12.1 Å². The number of nitrogens with zero attached hydrogens (tertiary/aromatic N) is 2. The molecule has 3 rings (SSSR count). The summed E-state index contributed by atoms with van der Waals surface area (Å²) in [5, 5.41) is 5.39. The van der Waals surface area contributed by atoms with Gasteiger partial charge in [0.2, 0.25) is 11.8 Å². The van der Waals surface area contributed by atoms with Crippen LogP contribution < -0.4 is 15.5 Å². The molecule has 0 aliphatic carbocycles. The number of unbranched alkanes of at least 4 members (excludes halogenated alkanes) is 1. The van der Waals surface area contributed by atoms with E-state index in [1.54, 1.807) is 36.1 Å². The van der Waals surface area contributed by atoms with Crippen LogP contribution in [0.4, 0.5) is 16.2 Å². The van der Waals surface area contributed by atoms with Gasteiger partial charge < -0.3 is 15.5 Å². The second-order valence-electron chi connectivity index (χ2n) is 7.50. The van der Waals surface area contributed by atoms with Crippen molar-refractivity contribution in [2.45, 2.75) is 51.5 Å². The highest BCUT2D eigenvalue weighted by Crippen LogP contribution is 2.24. The van der Waals surface area contributed by atoms with Crippen molar-refractivity contribution in [3.63, 3.8) is 0 Å². The van der Waals surface area contributed by atoms with Crippen LogP contribution in [0.2, 0.25) is 0 Å². The monoisotopic (exact) mass is 386 g/mol. The lowest BCUT2D eigenvalue weighted by atomic mass is 9.95. The molecule has 2 heterocycles. The van der Waals surface area contributed by atoms with Gasteiger partial charge in [-0.15, -0.1) is 0 Å². The lowest BCUT2D eigenvalue weighted by molar-refractivity contribution is -0.133. The maximum absolute atomic E-state index is 12.6. The zero-order chi connectivity index (χ0) is 20.3. The quantitative estimate of drug-likeness (QED) is 0.702. The number of carbonyl (C=O) groups is 4. The minimum absolute atomic E-state index is 0.0986. The van der Waals surface area contributed by atoms with Gasteiger partial charge in [-0.25, -0.2) is 4.79 Å². The Kier molecular flexibility index (Phi) is 5.67. The molecule has 28 heavy (non-hydrogen) atoms.